The van der Waals surface area contributed by atoms with Crippen molar-refractivity contribution in [3.05, 3.63) is 51.7 Å². The number of aliphatic imine (C=N–C) groups is 1. The number of aryl methyl sites for hydroxylation is 1. The minimum absolute atomic E-state index is 0. The van der Waals surface area contributed by atoms with Gasteiger partial charge in [-0.25, -0.2) is 9.79 Å². The van der Waals surface area contributed by atoms with Crippen molar-refractivity contribution in [2.24, 2.45) is 4.99 Å². The molecule has 1 heterocycles. The summed E-state index contributed by atoms with van der Waals surface area (Å²) in [6.07, 6.45) is 0. The fourth-order valence-electron chi connectivity index (χ4n) is 2.38. The molecule has 0 saturated carbocycles. The molecule has 28 heavy (non-hydrogen) atoms. The van der Waals surface area contributed by atoms with Gasteiger partial charge in [0.25, 0.3) is 0 Å². The average molecular weight is 515 g/mol. The summed E-state index contributed by atoms with van der Waals surface area (Å²) in [6.45, 7) is 10.2. The lowest BCUT2D eigenvalue weighted by Gasteiger charge is -2.12. The minimum Gasteiger partial charge on any atom is -0.357 e. The third-order valence-corrected chi connectivity index (χ3v) is 4.80. The molecule has 0 spiro atoms. The number of rotatable bonds is 7. The van der Waals surface area contributed by atoms with Gasteiger partial charge in [-0.15, -0.1) is 35.3 Å². The highest BCUT2D eigenvalue weighted by Gasteiger charge is 2.04. The molecule has 4 N–H and O–H groups in total. The Balaban J connectivity index is 0.00000392. The van der Waals surface area contributed by atoms with Crippen molar-refractivity contribution in [1.29, 1.82) is 0 Å². The van der Waals surface area contributed by atoms with E-state index in [-0.39, 0.29) is 36.0 Å². The summed E-state index contributed by atoms with van der Waals surface area (Å²) in [4.78, 5) is 17.7. The van der Waals surface area contributed by atoms with Gasteiger partial charge < -0.3 is 21.3 Å². The number of carbonyl (C=O) groups excluding carboxylic acids is 1. The van der Waals surface area contributed by atoms with Gasteiger partial charge in [-0.1, -0.05) is 12.1 Å². The fourth-order valence-corrected chi connectivity index (χ4v) is 3.23. The molecule has 0 radical (unpaired) electrons. The second-order valence-corrected chi connectivity index (χ2v) is 7.53. The van der Waals surface area contributed by atoms with Gasteiger partial charge in [0.1, 0.15) is 0 Å². The van der Waals surface area contributed by atoms with Gasteiger partial charge in [-0.2, -0.15) is 0 Å². The molecule has 8 heteroatoms. The molecular formula is C20H30IN5OS. The van der Waals surface area contributed by atoms with Crippen LogP contribution in [0.2, 0.25) is 0 Å². The van der Waals surface area contributed by atoms with E-state index in [1.807, 2.05) is 38.1 Å². The highest BCUT2D eigenvalue weighted by Crippen LogP contribution is 2.15. The smallest absolute Gasteiger partial charge is 0.319 e. The lowest BCUT2D eigenvalue weighted by Crippen LogP contribution is -2.36. The Morgan fingerprint density at radius 2 is 1.86 bits per heavy atom. The SMILES string of the molecule is CCNC(=NCc1ccc(NC(=O)NC(C)C)cc1)NCc1sccc1C.I. The summed E-state index contributed by atoms with van der Waals surface area (Å²) in [5.41, 5.74) is 3.14. The quantitative estimate of drug-likeness (QED) is 0.250. The first kappa shape index (κ1) is 24.2. The number of benzene rings is 1. The standard InChI is InChI=1S/C20H29N5OS.HI/c1-5-21-19(23-13-18-15(4)10-11-27-18)22-12-16-6-8-17(9-7-16)25-20(26)24-14(2)3;/h6-11,14H,5,12-13H2,1-4H3,(H2,21,22,23)(H2,24,25,26);1H. The Morgan fingerprint density at radius 1 is 1.14 bits per heavy atom. The summed E-state index contributed by atoms with van der Waals surface area (Å²) in [5.74, 6) is 0.795. The van der Waals surface area contributed by atoms with E-state index in [2.05, 4.69) is 51.6 Å². The Bertz CT molecular complexity index is 758. The van der Waals surface area contributed by atoms with Crippen LogP contribution in [0.25, 0.3) is 0 Å². The number of guanidine groups is 1. The molecule has 0 saturated heterocycles. The summed E-state index contributed by atoms with van der Waals surface area (Å²) in [6, 6.07) is 9.76. The predicted octanol–water partition coefficient (Wildman–Crippen LogP) is 4.46. The lowest BCUT2D eigenvalue weighted by molar-refractivity contribution is 0.250. The van der Waals surface area contributed by atoms with Crippen molar-refractivity contribution in [3.63, 3.8) is 0 Å². The molecule has 0 atom stereocenters. The zero-order chi connectivity index (χ0) is 19.6. The average Bonchev–Trinajstić information content (AvgIpc) is 3.03. The van der Waals surface area contributed by atoms with E-state index in [4.69, 9.17) is 0 Å². The van der Waals surface area contributed by atoms with Crippen LogP contribution in [-0.2, 0) is 13.1 Å². The second kappa shape index (κ2) is 12.6. The van der Waals surface area contributed by atoms with Crippen LogP contribution < -0.4 is 21.3 Å². The zero-order valence-electron chi connectivity index (χ0n) is 16.8. The Hall–Kier alpha value is -1.81. The molecule has 0 aliphatic carbocycles. The molecule has 1 aromatic carbocycles. The summed E-state index contributed by atoms with van der Waals surface area (Å²) in [5, 5.41) is 14.4. The van der Waals surface area contributed by atoms with Gasteiger partial charge in [0.05, 0.1) is 13.1 Å². The summed E-state index contributed by atoms with van der Waals surface area (Å²) in [7, 11) is 0. The van der Waals surface area contributed by atoms with Crippen molar-refractivity contribution in [2.75, 3.05) is 11.9 Å². The van der Waals surface area contributed by atoms with E-state index >= 15 is 0 Å². The van der Waals surface area contributed by atoms with Crippen LogP contribution in [0.3, 0.4) is 0 Å². The number of urea groups is 1. The number of halogens is 1. The number of nitrogens with zero attached hydrogens (tertiary/aromatic N) is 1. The maximum Gasteiger partial charge on any atom is 0.319 e. The van der Waals surface area contributed by atoms with Gasteiger partial charge in [0, 0.05) is 23.2 Å². The van der Waals surface area contributed by atoms with Crippen LogP contribution in [0.4, 0.5) is 10.5 Å². The van der Waals surface area contributed by atoms with Gasteiger partial charge >= 0.3 is 6.03 Å². The lowest BCUT2D eigenvalue weighted by atomic mass is 10.2. The van der Waals surface area contributed by atoms with Crippen molar-refractivity contribution >= 4 is 53.0 Å². The molecule has 0 aliphatic heterocycles. The molecular weight excluding hydrogens is 485 g/mol. The molecule has 0 unspecified atom stereocenters. The number of hydrogen-bond donors (Lipinski definition) is 4. The Labute approximate surface area is 188 Å². The van der Waals surface area contributed by atoms with E-state index in [1.54, 1.807) is 11.3 Å². The Kier molecular flexibility index (Phi) is 10.9. The molecule has 0 bridgehead atoms. The third kappa shape index (κ3) is 8.47. The highest BCUT2D eigenvalue weighted by molar-refractivity contribution is 14.0. The van der Waals surface area contributed by atoms with E-state index in [1.165, 1.54) is 10.4 Å². The van der Waals surface area contributed by atoms with Crippen LogP contribution in [0.5, 0.6) is 0 Å². The van der Waals surface area contributed by atoms with Crippen LogP contribution >= 0.6 is 35.3 Å². The number of carbonyl (C=O) groups is 1. The molecule has 0 aliphatic rings. The van der Waals surface area contributed by atoms with Crippen LogP contribution in [0, 0.1) is 6.92 Å². The number of amides is 2. The molecule has 2 amide bonds. The largest absolute Gasteiger partial charge is 0.357 e. The zero-order valence-corrected chi connectivity index (χ0v) is 20.0. The highest BCUT2D eigenvalue weighted by atomic mass is 127. The van der Waals surface area contributed by atoms with Crippen molar-refractivity contribution in [2.45, 2.75) is 46.8 Å². The normalized spacial score (nSPS) is 11.0. The summed E-state index contributed by atoms with van der Waals surface area (Å²) < 4.78 is 0. The van der Waals surface area contributed by atoms with Gasteiger partial charge in [0.2, 0.25) is 0 Å². The predicted molar refractivity (Wildman–Crippen MR) is 130 cm³/mol. The van der Waals surface area contributed by atoms with Gasteiger partial charge in [-0.3, -0.25) is 0 Å². The van der Waals surface area contributed by atoms with Crippen LogP contribution in [0.1, 0.15) is 36.8 Å². The van der Waals surface area contributed by atoms with Crippen LogP contribution in [0.15, 0.2) is 40.7 Å². The molecule has 0 fully saturated rings. The maximum absolute atomic E-state index is 11.7. The molecule has 154 valence electrons. The number of anilines is 1. The third-order valence-electron chi connectivity index (χ3n) is 3.78. The number of hydrogen-bond acceptors (Lipinski definition) is 3. The van der Waals surface area contributed by atoms with Crippen LogP contribution in [-0.4, -0.2) is 24.6 Å². The first-order chi connectivity index (χ1) is 13.0. The topological polar surface area (TPSA) is 77.5 Å². The van der Waals surface area contributed by atoms with E-state index in [0.717, 1.165) is 30.3 Å². The van der Waals surface area contributed by atoms with E-state index in [9.17, 15) is 4.79 Å². The monoisotopic (exact) mass is 515 g/mol. The molecule has 2 aromatic rings. The molecule has 2 rings (SSSR count). The Morgan fingerprint density at radius 3 is 2.43 bits per heavy atom. The van der Waals surface area contributed by atoms with Crippen molar-refractivity contribution in [3.8, 4) is 0 Å². The van der Waals surface area contributed by atoms with E-state index < -0.39 is 0 Å². The molecule has 6 nitrogen and oxygen atoms in total. The van der Waals surface area contributed by atoms with Crippen molar-refractivity contribution < 1.29 is 4.79 Å². The number of nitrogens with one attached hydrogen (secondary N) is 4. The maximum atomic E-state index is 11.7. The first-order valence-electron chi connectivity index (χ1n) is 9.19. The second-order valence-electron chi connectivity index (χ2n) is 6.53. The number of thiophene rings is 1. The minimum atomic E-state index is -0.196. The first-order valence-corrected chi connectivity index (χ1v) is 10.1. The fraction of sp³-hybridized carbons (Fsp3) is 0.400. The van der Waals surface area contributed by atoms with Crippen molar-refractivity contribution in [1.82, 2.24) is 16.0 Å². The van der Waals surface area contributed by atoms with Gasteiger partial charge in [-0.05, 0) is 62.4 Å². The summed E-state index contributed by atoms with van der Waals surface area (Å²) >= 11 is 1.75. The van der Waals surface area contributed by atoms with Gasteiger partial charge in [0.15, 0.2) is 5.96 Å². The molecule has 1 aromatic heterocycles. The van der Waals surface area contributed by atoms with E-state index in [0.29, 0.717) is 6.54 Å².